The number of benzene rings is 1. The van der Waals surface area contributed by atoms with Crippen molar-refractivity contribution in [1.82, 2.24) is 0 Å². The van der Waals surface area contributed by atoms with Gasteiger partial charge in [-0.15, -0.1) is 0 Å². The quantitative estimate of drug-likeness (QED) is 0.292. The van der Waals surface area contributed by atoms with E-state index in [4.69, 9.17) is 14.2 Å². The number of ether oxygens (including phenoxy) is 3. The normalized spacial score (nSPS) is 12.4. The zero-order chi connectivity index (χ0) is 18.7. The minimum atomic E-state index is 0.0156. The van der Waals surface area contributed by atoms with Crippen LogP contribution in [0.5, 0.6) is 0 Å². The molecule has 0 saturated carbocycles. The lowest BCUT2D eigenvalue weighted by atomic mass is 10.1. The third-order valence-corrected chi connectivity index (χ3v) is 4.69. The average Bonchev–Trinajstić information content (AvgIpc) is 2.68. The van der Waals surface area contributed by atoms with Crippen molar-refractivity contribution < 1.29 is 14.2 Å². The van der Waals surface area contributed by atoms with Crippen molar-refractivity contribution in [1.29, 1.82) is 0 Å². The molecule has 0 aromatic heterocycles. The zero-order valence-electron chi connectivity index (χ0n) is 17.1. The van der Waals surface area contributed by atoms with Crippen molar-refractivity contribution in [2.24, 2.45) is 0 Å². The van der Waals surface area contributed by atoms with E-state index in [-0.39, 0.29) is 6.10 Å². The first kappa shape index (κ1) is 23.1. The average molecular weight is 365 g/mol. The van der Waals surface area contributed by atoms with E-state index in [9.17, 15) is 0 Å². The molecule has 1 atom stereocenters. The predicted octanol–water partition coefficient (Wildman–Crippen LogP) is 6.16. The van der Waals surface area contributed by atoms with Crippen molar-refractivity contribution in [3.05, 3.63) is 35.9 Å². The number of methoxy groups -OCH3 is 1. The van der Waals surface area contributed by atoms with E-state index in [0.717, 1.165) is 13.0 Å². The maximum absolute atomic E-state index is 5.76. The van der Waals surface area contributed by atoms with Crippen LogP contribution < -0.4 is 0 Å². The van der Waals surface area contributed by atoms with Crippen LogP contribution in [-0.2, 0) is 20.8 Å². The molecule has 0 spiro atoms. The van der Waals surface area contributed by atoms with E-state index in [0.29, 0.717) is 19.8 Å². The Balaban J connectivity index is 1.87. The highest BCUT2D eigenvalue weighted by atomic mass is 16.6. The van der Waals surface area contributed by atoms with Crippen molar-refractivity contribution in [3.8, 4) is 0 Å². The lowest BCUT2D eigenvalue weighted by Crippen LogP contribution is -2.24. The lowest BCUT2D eigenvalue weighted by molar-refractivity contribution is -0.0451. The lowest BCUT2D eigenvalue weighted by Gasteiger charge is -2.16. The van der Waals surface area contributed by atoms with E-state index in [1.807, 2.05) is 18.2 Å². The van der Waals surface area contributed by atoms with Crippen LogP contribution in [0.15, 0.2) is 30.3 Å². The summed E-state index contributed by atoms with van der Waals surface area (Å²) in [6, 6.07) is 10.2. The summed E-state index contributed by atoms with van der Waals surface area (Å²) in [6.07, 6.45) is 13.5. The summed E-state index contributed by atoms with van der Waals surface area (Å²) in [7, 11) is 1.72. The SMILES string of the molecule is CCCCCCCCCCCCOCC(COCc1ccccc1)OC. The van der Waals surface area contributed by atoms with Crippen molar-refractivity contribution in [3.63, 3.8) is 0 Å². The Bertz CT molecular complexity index is 394. The van der Waals surface area contributed by atoms with Gasteiger partial charge in [-0.05, 0) is 12.0 Å². The minimum absolute atomic E-state index is 0.0156. The molecule has 0 fully saturated rings. The number of rotatable bonds is 18. The molecule has 1 aromatic rings. The van der Waals surface area contributed by atoms with Gasteiger partial charge in [-0.3, -0.25) is 0 Å². The molecule has 0 radical (unpaired) electrons. The molecule has 0 aliphatic heterocycles. The topological polar surface area (TPSA) is 27.7 Å². The Labute approximate surface area is 161 Å². The van der Waals surface area contributed by atoms with Crippen LogP contribution in [0.25, 0.3) is 0 Å². The summed E-state index contributed by atoms with van der Waals surface area (Å²) < 4.78 is 16.9. The molecule has 0 bridgehead atoms. The molecule has 3 heteroatoms. The van der Waals surface area contributed by atoms with E-state index in [2.05, 4.69) is 19.1 Å². The molecule has 1 aromatic carbocycles. The summed E-state index contributed by atoms with van der Waals surface area (Å²) in [5, 5.41) is 0. The second-order valence-corrected chi connectivity index (χ2v) is 7.12. The summed E-state index contributed by atoms with van der Waals surface area (Å²) in [5.74, 6) is 0. The maximum Gasteiger partial charge on any atom is 0.104 e. The van der Waals surface area contributed by atoms with Crippen molar-refractivity contribution >= 4 is 0 Å². The zero-order valence-corrected chi connectivity index (χ0v) is 17.1. The Morgan fingerprint density at radius 2 is 1.31 bits per heavy atom. The van der Waals surface area contributed by atoms with Gasteiger partial charge in [-0.2, -0.15) is 0 Å². The number of hydrogen-bond donors (Lipinski definition) is 0. The summed E-state index contributed by atoms with van der Waals surface area (Å²) in [5.41, 5.74) is 1.19. The summed E-state index contributed by atoms with van der Waals surface area (Å²) in [6.45, 7) is 4.91. The molecular weight excluding hydrogens is 324 g/mol. The van der Waals surface area contributed by atoms with Crippen molar-refractivity contribution in [2.45, 2.75) is 83.8 Å². The smallest absolute Gasteiger partial charge is 0.104 e. The first-order chi connectivity index (χ1) is 12.9. The predicted molar refractivity (Wildman–Crippen MR) is 110 cm³/mol. The van der Waals surface area contributed by atoms with E-state index in [1.54, 1.807) is 7.11 Å². The van der Waals surface area contributed by atoms with Gasteiger partial charge in [0.2, 0.25) is 0 Å². The van der Waals surface area contributed by atoms with E-state index in [1.165, 1.54) is 63.4 Å². The van der Waals surface area contributed by atoms with Gasteiger partial charge >= 0.3 is 0 Å². The molecular formula is C23H40O3. The standard InChI is InChI=1S/C23H40O3/c1-3-4-5-6-7-8-9-10-11-15-18-25-20-23(24-2)21-26-19-22-16-13-12-14-17-22/h12-14,16-17,23H,3-11,15,18-21H2,1-2H3. The van der Waals surface area contributed by atoms with Crippen LogP contribution in [0.2, 0.25) is 0 Å². The highest BCUT2D eigenvalue weighted by Crippen LogP contribution is 2.10. The monoisotopic (exact) mass is 364 g/mol. The second kappa shape index (κ2) is 17.5. The first-order valence-electron chi connectivity index (χ1n) is 10.6. The molecule has 0 amide bonds. The Morgan fingerprint density at radius 3 is 1.92 bits per heavy atom. The van der Waals surface area contributed by atoms with Crippen LogP contribution >= 0.6 is 0 Å². The second-order valence-electron chi connectivity index (χ2n) is 7.12. The van der Waals surface area contributed by atoms with Crippen LogP contribution in [0.4, 0.5) is 0 Å². The fourth-order valence-corrected chi connectivity index (χ4v) is 2.97. The number of unbranched alkanes of at least 4 members (excludes halogenated alkanes) is 9. The van der Waals surface area contributed by atoms with E-state index < -0.39 is 0 Å². The van der Waals surface area contributed by atoms with Crippen LogP contribution in [0, 0.1) is 0 Å². The molecule has 0 heterocycles. The molecule has 26 heavy (non-hydrogen) atoms. The molecule has 3 nitrogen and oxygen atoms in total. The highest BCUT2D eigenvalue weighted by molar-refractivity contribution is 5.13. The fraction of sp³-hybridized carbons (Fsp3) is 0.739. The van der Waals surface area contributed by atoms with Crippen molar-refractivity contribution in [2.75, 3.05) is 26.9 Å². The largest absolute Gasteiger partial charge is 0.379 e. The summed E-state index contributed by atoms with van der Waals surface area (Å²) in [4.78, 5) is 0. The van der Waals surface area contributed by atoms with Gasteiger partial charge in [0.25, 0.3) is 0 Å². The van der Waals surface area contributed by atoms with Gasteiger partial charge in [0, 0.05) is 13.7 Å². The molecule has 0 aliphatic rings. The molecule has 1 rings (SSSR count). The Hall–Kier alpha value is -0.900. The van der Waals surface area contributed by atoms with E-state index >= 15 is 0 Å². The first-order valence-corrected chi connectivity index (χ1v) is 10.6. The van der Waals surface area contributed by atoms with Gasteiger partial charge in [0.1, 0.15) is 6.10 Å². The molecule has 150 valence electrons. The minimum Gasteiger partial charge on any atom is -0.379 e. The van der Waals surface area contributed by atoms with Gasteiger partial charge in [-0.1, -0.05) is 95.0 Å². The third-order valence-electron chi connectivity index (χ3n) is 4.69. The molecule has 0 saturated heterocycles. The molecule has 0 aliphatic carbocycles. The fourth-order valence-electron chi connectivity index (χ4n) is 2.97. The number of hydrogen-bond acceptors (Lipinski definition) is 3. The molecule has 1 unspecified atom stereocenters. The van der Waals surface area contributed by atoms with Gasteiger partial charge in [0.05, 0.1) is 19.8 Å². The molecule has 0 N–H and O–H groups in total. The maximum atomic E-state index is 5.76. The van der Waals surface area contributed by atoms with Gasteiger partial charge < -0.3 is 14.2 Å². The van der Waals surface area contributed by atoms with Crippen LogP contribution in [0.3, 0.4) is 0 Å². The van der Waals surface area contributed by atoms with Gasteiger partial charge in [0.15, 0.2) is 0 Å². The third kappa shape index (κ3) is 13.3. The van der Waals surface area contributed by atoms with Crippen LogP contribution in [0.1, 0.15) is 76.7 Å². The summed E-state index contributed by atoms with van der Waals surface area (Å²) >= 11 is 0. The Morgan fingerprint density at radius 1 is 0.731 bits per heavy atom. The van der Waals surface area contributed by atoms with Crippen LogP contribution in [-0.4, -0.2) is 33.0 Å². The Kier molecular flexibility index (Phi) is 15.6. The highest BCUT2D eigenvalue weighted by Gasteiger charge is 2.07. The van der Waals surface area contributed by atoms with Gasteiger partial charge in [-0.25, -0.2) is 0 Å².